The Morgan fingerprint density at radius 3 is 2.38 bits per heavy atom. The number of halogens is 4. The molecule has 1 aromatic heterocycles. The molecule has 1 aromatic rings. The number of hydrogen-bond donors (Lipinski definition) is 3. The van der Waals surface area contributed by atoms with Crippen molar-refractivity contribution >= 4 is 11.8 Å². The Balaban J connectivity index is 1.61. The van der Waals surface area contributed by atoms with Crippen molar-refractivity contribution < 1.29 is 22.1 Å². The van der Waals surface area contributed by atoms with Crippen LogP contribution in [0.2, 0.25) is 0 Å². The van der Waals surface area contributed by atoms with Gasteiger partial charge in [0.1, 0.15) is 11.5 Å². The minimum atomic E-state index is -2.78. The first-order chi connectivity index (χ1) is 12.0. The fraction of sp³-hybridized carbons (Fsp3) is 0.667. The number of aryl methyl sites for hydroxylation is 1. The lowest BCUT2D eigenvalue weighted by molar-refractivity contribution is -0.132. The molecule has 26 heavy (non-hydrogen) atoms. The largest absolute Gasteiger partial charge is 0.361 e. The lowest BCUT2D eigenvalue weighted by Gasteiger charge is -2.46. The van der Waals surface area contributed by atoms with Crippen LogP contribution in [0, 0.1) is 12.8 Å². The number of alkyl halides is 4. The third-order valence-electron chi connectivity index (χ3n) is 4.82. The molecule has 2 fully saturated rings. The van der Waals surface area contributed by atoms with E-state index in [1.807, 2.05) is 0 Å². The molecule has 0 spiro atoms. The summed E-state index contributed by atoms with van der Waals surface area (Å²) < 4.78 is 57.7. The smallest absolute Gasteiger partial charge is 0.252 e. The summed E-state index contributed by atoms with van der Waals surface area (Å²) in [5.41, 5.74) is 6.57. The number of nitrogens with one attached hydrogen (secondary N) is 2. The second-order valence-corrected chi connectivity index (χ2v) is 7.22. The Morgan fingerprint density at radius 2 is 1.85 bits per heavy atom. The van der Waals surface area contributed by atoms with Crippen LogP contribution in [0.1, 0.15) is 37.1 Å². The van der Waals surface area contributed by atoms with Gasteiger partial charge in [0.25, 0.3) is 5.92 Å². The first-order valence-electron chi connectivity index (χ1n) is 8.25. The summed E-state index contributed by atoms with van der Waals surface area (Å²) in [6.45, 7) is 1.69. The molecule has 1 atom stereocenters. The van der Waals surface area contributed by atoms with Gasteiger partial charge in [-0.25, -0.2) is 27.5 Å². The first-order valence-corrected chi connectivity index (χ1v) is 8.25. The average Bonchev–Trinajstić information content (AvgIpc) is 2.89. The summed E-state index contributed by atoms with van der Waals surface area (Å²) in [6, 6.07) is 1.02. The van der Waals surface area contributed by atoms with Gasteiger partial charge >= 0.3 is 0 Å². The van der Waals surface area contributed by atoms with Crippen LogP contribution in [-0.4, -0.2) is 40.6 Å². The van der Waals surface area contributed by atoms with E-state index in [4.69, 9.17) is 10.3 Å². The Hall–Kier alpha value is -2.17. The first kappa shape index (κ1) is 17.3. The van der Waals surface area contributed by atoms with Gasteiger partial charge in [-0.1, -0.05) is 5.16 Å². The van der Waals surface area contributed by atoms with E-state index >= 15 is 0 Å². The summed E-state index contributed by atoms with van der Waals surface area (Å²) in [4.78, 5) is 8.50. The van der Waals surface area contributed by atoms with Crippen molar-refractivity contribution in [2.24, 2.45) is 21.6 Å². The van der Waals surface area contributed by atoms with Gasteiger partial charge in [-0.05, 0) is 6.92 Å². The van der Waals surface area contributed by atoms with E-state index in [0.29, 0.717) is 11.5 Å². The van der Waals surface area contributed by atoms with Crippen molar-refractivity contribution in [2.75, 3.05) is 0 Å². The van der Waals surface area contributed by atoms with Crippen molar-refractivity contribution in [2.45, 2.75) is 56.3 Å². The van der Waals surface area contributed by atoms with Crippen LogP contribution in [0.5, 0.6) is 0 Å². The molecule has 0 saturated heterocycles. The molecule has 2 saturated carbocycles. The fourth-order valence-electron chi connectivity index (χ4n) is 3.31. The van der Waals surface area contributed by atoms with Crippen LogP contribution < -0.4 is 16.4 Å². The number of aliphatic imine (C=N–C) groups is 2. The average molecular weight is 374 g/mol. The second-order valence-electron chi connectivity index (χ2n) is 7.22. The van der Waals surface area contributed by atoms with E-state index in [9.17, 15) is 17.6 Å². The SMILES string of the molecule is Cc1cc(C2=NC(N)(C3CC(F)(F)C3)NC(=NC3CC(F)(F)C3)N2)no1. The molecule has 142 valence electrons. The number of nitrogens with zero attached hydrogens (tertiary/aromatic N) is 3. The molecule has 11 heteroatoms. The molecule has 7 nitrogen and oxygen atoms in total. The summed E-state index contributed by atoms with van der Waals surface area (Å²) in [6.07, 6.45) is -1.57. The van der Waals surface area contributed by atoms with Crippen molar-refractivity contribution in [3.05, 3.63) is 17.5 Å². The maximum absolute atomic E-state index is 13.3. The molecule has 0 amide bonds. The Kier molecular flexibility index (Phi) is 3.59. The molecule has 1 aliphatic heterocycles. The lowest BCUT2D eigenvalue weighted by Crippen LogP contribution is -2.70. The zero-order valence-corrected chi connectivity index (χ0v) is 13.9. The molecular formula is C15H18F4N6O. The minimum Gasteiger partial charge on any atom is -0.361 e. The van der Waals surface area contributed by atoms with Gasteiger partial charge in [-0.15, -0.1) is 0 Å². The van der Waals surface area contributed by atoms with Gasteiger partial charge in [-0.3, -0.25) is 5.73 Å². The normalized spacial score (nSPS) is 32.2. The third-order valence-corrected chi connectivity index (χ3v) is 4.82. The van der Waals surface area contributed by atoms with E-state index in [1.54, 1.807) is 13.0 Å². The van der Waals surface area contributed by atoms with Gasteiger partial charge < -0.3 is 15.2 Å². The molecule has 0 aromatic carbocycles. The molecule has 2 aliphatic carbocycles. The molecule has 2 heterocycles. The van der Waals surface area contributed by atoms with Gasteiger partial charge in [0.05, 0.1) is 6.04 Å². The van der Waals surface area contributed by atoms with E-state index in [-0.39, 0.29) is 24.6 Å². The second kappa shape index (κ2) is 5.41. The predicted octanol–water partition coefficient (Wildman–Crippen LogP) is 1.73. The molecule has 4 N–H and O–H groups in total. The zero-order chi connectivity index (χ0) is 18.7. The Labute approximate surface area is 146 Å². The van der Waals surface area contributed by atoms with Crippen molar-refractivity contribution in [3.8, 4) is 0 Å². The maximum Gasteiger partial charge on any atom is 0.252 e. The van der Waals surface area contributed by atoms with E-state index in [2.05, 4.69) is 25.8 Å². The Morgan fingerprint density at radius 1 is 1.19 bits per heavy atom. The monoisotopic (exact) mass is 374 g/mol. The molecule has 1 unspecified atom stereocenters. The van der Waals surface area contributed by atoms with Crippen LogP contribution in [0.3, 0.4) is 0 Å². The van der Waals surface area contributed by atoms with Crippen molar-refractivity contribution in [1.82, 2.24) is 15.8 Å². The number of nitrogens with two attached hydrogens (primary N) is 1. The van der Waals surface area contributed by atoms with Crippen molar-refractivity contribution in [3.63, 3.8) is 0 Å². The van der Waals surface area contributed by atoms with E-state index < -0.39 is 42.4 Å². The molecule has 0 radical (unpaired) electrons. The highest BCUT2D eigenvalue weighted by Crippen LogP contribution is 2.47. The van der Waals surface area contributed by atoms with Crippen LogP contribution in [0.4, 0.5) is 17.6 Å². The van der Waals surface area contributed by atoms with Gasteiger partial charge in [0.15, 0.2) is 17.6 Å². The van der Waals surface area contributed by atoms with Gasteiger partial charge in [0, 0.05) is 37.7 Å². The summed E-state index contributed by atoms with van der Waals surface area (Å²) in [5, 5.41) is 9.47. The Bertz CT molecular complexity index is 775. The molecule has 4 rings (SSSR count). The standard InChI is InChI=1S/C15H18F4N6O/c1-7-2-10(25-26-7)11-22-12(21-9-5-14(18,19)6-9)24-15(20,23-11)8-3-13(16,17)4-8/h2,8-9H,3-6,20H2,1H3,(H2,21,22,23,24). The van der Waals surface area contributed by atoms with Gasteiger partial charge in [-0.2, -0.15) is 0 Å². The van der Waals surface area contributed by atoms with Crippen LogP contribution in [0.15, 0.2) is 20.6 Å². The highest BCUT2D eigenvalue weighted by Gasteiger charge is 2.55. The highest BCUT2D eigenvalue weighted by molar-refractivity contribution is 6.09. The molecule has 0 bridgehead atoms. The van der Waals surface area contributed by atoms with Crippen molar-refractivity contribution in [1.29, 1.82) is 0 Å². The zero-order valence-electron chi connectivity index (χ0n) is 13.9. The summed E-state index contributed by atoms with van der Waals surface area (Å²) in [5.74, 6) is -6.82. The van der Waals surface area contributed by atoms with Crippen LogP contribution >= 0.6 is 0 Å². The van der Waals surface area contributed by atoms with Crippen LogP contribution in [0.25, 0.3) is 0 Å². The third kappa shape index (κ3) is 3.15. The number of guanidine groups is 1. The molecule has 3 aliphatic rings. The highest BCUT2D eigenvalue weighted by atomic mass is 19.3. The number of amidine groups is 1. The maximum atomic E-state index is 13.3. The number of rotatable bonds is 3. The molecular weight excluding hydrogens is 356 g/mol. The summed E-state index contributed by atoms with van der Waals surface area (Å²) in [7, 11) is 0. The lowest BCUT2D eigenvalue weighted by atomic mass is 9.76. The number of aromatic nitrogens is 1. The minimum absolute atomic E-state index is 0.119. The van der Waals surface area contributed by atoms with E-state index in [1.165, 1.54) is 0 Å². The van der Waals surface area contributed by atoms with Gasteiger partial charge in [0.2, 0.25) is 5.92 Å². The fourth-order valence-corrected chi connectivity index (χ4v) is 3.31. The number of hydrogen-bond acceptors (Lipinski definition) is 5. The quantitative estimate of drug-likeness (QED) is 0.700. The summed E-state index contributed by atoms with van der Waals surface area (Å²) >= 11 is 0. The van der Waals surface area contributed by atoms with Crippen LogP contribution in [-0.2, 0) is 0 Å². The topological polar surface area (TPSA) is 101 Å². The predicted molar refractivity (Wildman–Crippen MR) is 84.0 cm³/mol. The van der Waals surface area contributed by atoms with E-state index in [0.717, 1.165) is 0 Å².